The molecule has 7 heteroatoms. The largest absolute Gasteiger partial charge is 0.367 e. The average Bonchev–Trinajstić information content (AvgIpc) is 3.61. The van der Waals surface area contributed by atoms with E-state index in [-0.39, 0.29) is 5.91 Å². The zero-order chi connectivity index (χ0) is 25.3. The number of rotatable bonds is 7. The molecular weight excluding hydrogens is 445 g/mol. The molecule has 36 heavy (non-hydrogen) atoms. The van der Waals surface area contributed by atoms with Crippen LogP contribution in [0.4, 0.5) is 5.82 Å². The number of hydrogen-bond donors (Lipinski definition) is 2. The quantitative estimate of drug-likeness (QED) is 0.348. The molecule has 0 saturated heterocycles. The van der Waals surface area contributed by atoms with Gasteiger partial charge in [-0.2, -0.15) is 9.61 Å². The van der Waals surface area contributed by atoms with Gasteiger partial charge in [-0.05, 0) is 42.5 Å². The number of anilines is 1. The number of aryl methyl sites for hydroxylation is 1. The third kappa shape index (κ3) is 6.33. The monoisotopic (exact) mass is 479 g/mol. The van der Waals surface area contributed by atoms with Gasteiger partial charge in [-0.25, -0.2) is 4.98 Å². The van der Waals surface area contributed by atoms with E-state index in [0.29, 0.717) is 17.9 Å². The standard InChI is InChI=1S/C15H14BNO.C14H20N4/c1-17-15(18)14-8-6-13(7-9-14)12-4-2-11(10-16)3-5-12;1-2-5-12-10-14(16-11-6-3-4-7-11)18-13(17-12)8-9-15-18/h2-9H,10H2,1H3,(H,17,18);8-11,16H,2-7H2,1H3. The Bertz CT molecular complexity index is 1260. The Morgan fingerprint density at radius 1 is 1.03 bits per heavy atom. The van der Waals surface area contributed by atoms with Crippen LogP contribution < -0.4 is 10.6 Å². The number of benzene rings is 2. The number of nitrogens with zero attached hydrogens (tertiary/aromatic N) is 3. The Balaban J connectivity index is 0.000000169. The van der Waals surface area contributed by atoms with Gasteiger partial charge in [0.1, 0.15) is 5.82 Å². The fourth-order valence-electron chi connectivity index (χ4n) is 4.52. The summed E-state index contributed by atoms with van der Waals surface area (Å²) in [5.41, 5.74) is 6.09. The topological polar surface area (TPSA) is 71.3 Å². The van der Waals surface area contributed by atoms with Crippen molar-refractivity contribution in [3.8, 4) is 11.1 Å². The first-order valence-electron chi connectivity index (χ1n) is 12.8. The summed E-state index contributed by atoms with van der Waals surface area (Å²) < 4.78 is 1.91. The van der Waals surface area contributed by atoms with Crippen molar-refractivity contribution in [1.29, 1.82) is 0 Å². The van der Waals surface area contributed by atoms with Gasteiger partial charge in [-0.15, -0.1) is 0 Å². The van der Waals surface area contributed by atoms with E-state index in [9.17, 15) is 4.79 Å². The van der Waals surface area contributed by atoms with E-state index in [1.54, 1.807) is 7.05 Å². The van der Waals surface area contributed by atoms with Gasteiger partial charge in [0.25, 0.3) is 5.91 Å². The van der Waals surface area contributed by atoms with Crippen molar-refractivity contribution in [3.05, 3.63) is 83.7 Å². The molecule has 1 amide bonds. The van der Waals surface area contributed by atoms with Crippen molar-refractivity contribution in [2.45, 2.75) is 57.8 Å². The highest BCUT2D eigenvalue weighted by Crippen LogP contribution is 2.23. The van der Waals surface area contributed by atoms with Crippen molar-refractivity contribution in [2.24, 2.45) is 0 Å². The summed E-state index contributed by atoms with van der Waals surface area (Å²) in [6.07, 6.45) is 9.75. The molecule has 2 N–H and O–H groups in total. The van der Waals surface area contributed by atoms with Gasteiger partial charge < -0.3 is 10.6 Å². The van der Waals surface area contributed by atoms with Gasteiger partial charge in [0.2, 0.25) is 0 Å². The summed E-state index contributed by atoms with van der Waals surface area (Å²) in [6, 6.07) is 20.4. The summed E-state index contributed by atoms with van der Waals surface area (Å²) in [5.74, 6) is 1.03. The maximum absolute atomic E-state index is 11.4. The minimum absolute atomic E-state index is 0.0694. The Kier molecular flexibility index (Phi) is 8.77. The van der Waals surface area contributed by atoms with Crippen molar-refractivity contribution in [1.82, 2.24) is 19.9 Å². The van der Waals surface area contributed by atoms with Crippen LogP contribution >= 0.6 is 0 Å². The predicted octanol–water partition coefficient (Wildman–Crippen LogP) is 5.42. The molecule has 0 atom stereocenters. The summed E-state index contributed by atoms with van der Waals surface area (Å²) in [4.78, 5) is 16.0. The highest BCUT2D eigenvalue weighted by molar-refractivity contribution is 6.08. The maximum atomic E-state index is 11.4. The van der Waals surface area contributed by atoms with Crippen molar-refractivity contribution < 1.29 is 4.79 Å². The first-order chi connectivity index (χ1) is 17.6. The molecule has 0 aliphatic heterocycles. The second kappa shape index (κ2) is 12.4. The van der Waals surface area contributed by atoms with E-state index >= 15 is 0 Å². The number of hydrogen-bond acceptors (Lipinski definition) is 4. The first kappa shape index (κ1) is 25.5. The van der Waals surface area contributed by atoms with Crippen LogP contribution in [-0.2, 0) is 12.7 Å². The highest BCUT2D eigenvalue weighted by atomic mass is 16.1. The number of nitrogens with one attached hydrogen (secondary N) is 2. The molecule has 2 heterocycles. The van der Waals surface area contributed by atoms with Crippen LogP contribution in [0, 0.1) is 0 Å². The average molecular weight is 479 g/mol. The van der Waals surface area contributed by atoms with Crippen LogP contribution in [0.2, 0.25) is 0 Å². The number of amides is 1. The lowest BCUT2D eigenvalue weighted by Gasteiger charge is -2.15. The van der Waals surface area contributed by atoms with Crippen molar-refractivity contribution >= 4 is 25.2 Å². The van der Waals surface area contributed by atoms with Gasteiger partial charge in [-0.1, -0.05) is 74.5 Å². The van der Waals surface area contributed by atoms with E-state index < -0.39 is 0 Å². The van der Waals surface area contributed by atoms with Crippen LogP contribution in [0.1, 0.15) is 60.6 Å². The fraction of sp³-hybridized carbons (Fsp3) is 0.345. The van der Waals surface area contributed by atoms with Gasteiger partial charge in [0.05, 0.1) is 14.0 Å². The molecule has 5 rings (SSSR count). The Morgan fingerprint density at radius 2 is 1.69 bits per heavy atom. The van der Waals surface area contributed by atoms with Crippen LogP contribution in [0.25, 0.3) is 16.8 Å². The number of carbonyl (C=O) groups is 1. The van der Waals surface area contributed by atoms with Gasteiger partial charge in [0, 0.05) is 36.5 Å². The van der Waals surface area contributed by atoms with Gasteiger partial charge in [-0.3, -0.25) is 4.79 Å². The van der Waals surface area contributed by atoms with E-state index in [1.807, 2.05) is 65.3 Å². The van der Waals surface area contributed by atoms with Gasteiger partial charge >= 0.3 is 0 Å². The summed E-state index contributed by atoms with van der Waals surface area (Å²) >= 11 is 0. The lowest BCUT2D eigenvalue weighted by molar-refractivity contribution is 0.0963. The van der Waals surface area contributed by atoms with Crippen LogP contribution in [0.5, 0.6) is 0 Å². The van der Waals surface area contributed by atoms with E-state index in [1.165, 1.54) is 25.7 Å². The van der Waals surface area contributed by atoms with Crippen molar-refractivity contribution in [2.75, 3.05) is 12.4 Å². The molecule has 0 unspecified atom stereocenters. The maximum Gasteiger partial charge on any atom is 0.251 e. The third-order valence-electron chi connectivity index (χ3n) is 6.52. The zero-order valence-corrected chi connectivity index (χ0v) is 21.2. The zero-order valence-electron chi connectivity index (χ0n) is 21.2. The second-order valence-corrected chi connectivity index (χ2v) is 9.17. The molecule has 2 radical (unpaired) electrons. The minimum atomic E-state index is -0.0694. The summed E-state index contributed by atoms with van der Waals surface area (Å²) in [5, 5.41) is 10.6. The molecule has 1 saturated carbocycles. The highest BCUT2D eigenvalue weighted by Gasteiger charge is 2.16. The van der Waals surface area contributed by atoms with E-state index in [2.05, 4.69) is 33.7 Å². The minimum Gasteiger partial charge on any atom is -0.367 e. The molecule has 1 fully saturated rings. The lowest BCUT2D eigenvalue weighted by atomic mass is 9.95. The molecular formula is C29H34BN5O. The molecule has 1 aliphatic carbocycles. The van der Waals surface area contributed by atoms with E-state index in [4.69, 9.17) is 7.85 Å². The molecule has 4 aromatic rings. The molecule has 0 bridgehead atoms. The normalized spacial score (nSPS) is 13.3. The third-order valence-corrected chi connectivity index (χ3v) is 6.52. The first-order valence-corrected chi connectivity index (χ1v) is 12.8. The molecule has 184 valence electrons. The predicted molar refractivity (Wildman–Crippen MR) is 148 cm³/mol. The molecule has 2 aromatic carbocycles. The number of aromatic nitrogens is 3. The Hall–Kier alpha value is -3.61. The fourth-order valence-corrected chi connectivity index (χ4v) is 4.52. The lowest BCUT2D eigenvalue weighted by Crippen LogP contribution is -2.17. The van der Waals surface area contributed by atoms with Crippen LogP contribution in [0.3, 0.4) is 0 Å². The second-order valence-electron chi connectivity index (χ2n) is 9.17. The number of fused-ring (bicyclic) bond motifs is 1. The molecule has 2 aromatic heterocycles. The van der Waals surface area contributed by atoms with Crippen LogP contribution in [-0.4, -0.2) is 41.4 Å². The van der Waals surface area contributed by atoms with E-state index in [0.717, 1.165) is 46.7 Å². The van der Waals surface area contributed by atoms with Crippen LogP contribution in [0.15, 0.2) is 66.9 Å². The molecule has 1 aliphatic rings. The molecule has 0 spiro atoms. The Morgan fingerprint density at radius 3 is 2.31 bits per heavy atom. The number of carbonyl (C=O) groups excluding carboxylic acids is 1. The Labute approximate surface area is 214 Å². The van der Waals surface area contributed by atoms with Gasteiger partial charge in [0.15, 0.2) is 5.65 Å². The SMILES string of the molecule is CCCc1cc(NC2CCCC2)n2nccc2n1.[B]Cc1ccc(-c2ccc(C(=O)NC)cc2)cc1. The summed E-state index contributed by atoms with van der Waals surface area (Å²) in [6.45, 7) is 2.19. The van der Waals surface area contributed by atoms with Crippen molar-refractivity contribution in [3.63, 3.8) is 0 Å². The summed E-state index contributed by atoms with van der Waals surface area (Å²) in [7, 11) is 7.19. The molecule has 6 nitrogen and oxygen atoms in total. The smallest absolute Gasteiger partial charge is 0.251 e.